The summed E-state index contributed by atoms with van der Waals surface area (Å²) in [5, 5.41) is 39.8. The van der Waals surface area contributed by atoms with E-state index in [2.05, 4.69) is 62.5 Å². The Bertz CT molecular complexity index is 2690. The first-order valence-electron chi connectivity index (χ1n) is 25.6. The third kappa shape index (κ3) is 21.4. The van der Waals surface area contributed by atoms with Gasteiger partial charge in [-0.3, -0.25) is 48.1 Å². The molecule has 78 heavy (non-hydrogen) atoms. The normalized spacial score (nSPS) is 20.6. The second-order valence-electron chi connectivity index (χ2n) is 18.7. The summed E-state index contributed by atoms with van der Waals surface area (Å²) in [6.45, 7) is 4.27. The first-order valence-corrected chi connectivity index (χ1v) is 25.6. The second-order valence-corrected chi connectivity index (χ2v) is 18.7. The molecule has 0 unspecified atom stereocenters. The van der Waals surface area contributed by atoms with Gasteiger partial charge in [-0.1, -0.05) is 68.3 Å². The fraction of sp³-hybridized carbons (Fsp3) is 0.462. The summed E-state index contributed by atoms with van der Waals surface area (Å²) >= 11 is 0. The van der Waals surface area contributed by atoms with Gasteiger partial charge in [0, 0.05) is 75.2 Å². The zero-order chi connectivity index (χ0) is 57.1. The van der Waals surface area contributed by atoms with Crippen LogP contribution in [0.2, 0.25) is 0 Å². The third-order valence-electron chi connectivity index (χ3n) is 12.3. The van der Waals surface area contributed by atoms with Crippen LogP contribution in [0.15, 0.2) is 78.3 Å². The highest BCUT2D eigenvalue weighted by molar-refractivity contribution is 5.99. The molecule has 0 aliphatic carbocycles. The molecule has 1 saturated heterocycles. The number of unbranched alkanes of at least 4 members (excludes halogenated alkanes) is 1. The van der Waals surface area contributed by atoms with Crippen LogP contribution in [0.3, 0.4) is 0 Å². The minimum atomic E-state index is -1.59. The number of amides is 8. The van der Waals surface area contributed by atoms with Crippen molar-refractivity contribution in [3.8, 4) is 0 Å². The molecule has 3 heterocycles. The maximum absolute atomic E-state index is 14.7. The minimum Gasteiger partial charge on any atom is -0.481 e. The molecular formula is C52H72N14O12. The number of imidazole rings is 1. The summed E-state index contributed by atoms with van der Waals surface area (Å²) in [6, 6.07) is 6.21. The number of hydrogen-bond donors (Lipinski definition) is 14. The van der Waals surface area contributed by atoms with Gasteiger partial charge >= 0.3 is 5.97 Å². The molecule has 422 valence electrons. The Morgan fingerprint density at radius 2 is 1.37 bits per heavy atom. The van der Waals surface area contributed by atoms with E-state index in [1.165, 1.54) is 19.4 Å². The van der Waals surface area contributed by atoms with Crippen LogP contribution in [0.4, 0.5) is 0 Å². The predicted molar refractivity (Wildman–Crippen MR) is 285 cm³/mol. The molecule has 26 heteroatoms. The molecule has 8 amide bonds. The monoisotopic (exact) mass is 1080 g/mol. The average molecular weight is 1090 g/mol. The zero-order valence-electron chi connectivity index (χ0n) is 43.9. The fourth-order valence-electron chi connectivity index (χ4n) is 8.37. The summed E-state index contributed by atoms with van der Waals surface area (Å²) in [4.78, 5) is 148. The molecule has 26 nitrogen and oxygen atoms in total. The molecule has 0 spiro atoms. The van der Waals surface area contributed by atoms with Gasteiger partial charge in [-0.05, 0) is 55.7 Å². The highest BCUT2D eigenvalue weighted by atomic mass is 16.4. The molecule has 1 aliphatic heterocycles. The van der Waals surface area contributed by atoms with E-state index in [0.717, 1.165) is 17.8 Å². The van der Waals surface area contributed by atoms with E-state index in [9.17, 15) is 48.3 Å². The van der Waals surface area contributed by atoms with E-state index < -0.39 is 108 Å². The molecule has 5 rings (SSSR count). The van der Waals surface area contributed by atoms with Crippen LogP contribution in [-0.4, -0.2) is 146 Å². The van der Waals surface area contributed by atoms with E-state index in [-0.39, 0.29) is 76.8 Å². The summed E-state index contributed by atoms with van der Waals surface area (Å²) < 4.78 is 0. The number of carboxylic acids is 2. The van der Waals surface area contributed by atoms with Crippen LogP contribution in [0.1, 0.15) is 95.4 Å². The maximum atomic E-state index is 14.7. The minimum absolute atomic E-state index is 0.00489. The molecule has 16 N–H and O–H groups in total. The molecule has 1 aliphatic rings. The number of aromatic nitrogens is 3. The number of carbonyl (C=O) groups excluding carboxylic acids is 8. The number of benzene rings is 2. The largest absolute Gasteiger partial charge is 0.481 e. The topological polar surface area (TPSA) is 416 Å². The van der Waals surface area contributed by atoms with Crippen molar-refractivity contribution in [2.45, 2.75) is 140 Å². The number of H-pyrrole nitrogens is 2. The quantitative estimate of drug-likeness (QED) is 0.0358. The predicted octanol–water partition coefficient (Wildman–Crippen LogP) is -0.558. The Labute approximate surface area is 450 Å². The first-order chi connectivity index (χ1) is 37.2. The van der Waals surface area contributed by atoms with Gasteiger partial charge < -0.3 is 74.2 Å². The van der Waals surface area contributed by atoms with Crippen LogP contribution >= 0.6 is 0 Å². The second kappa shape index (κ2) is 31.9. The molecular weight excluding hydrogens is 1010 g/mol. The van der Waals surface area contributed by atoms with Crippen molar-refractivity contribution in [2.75, 3.05) is 13.1 Å². The van der Waals surface area contributed by atoms with Crippen LogP contribution in [0, 0.1) is 0 Å². The molecule has 2 aromatic heterocycles. The van der Waals surface area contributed by atoms with Crippen LogP contribution < -0.4 is 54.0 Å². The maximum Gasteiger partial charge on any atom is 0.326 e. The smallest absolute Gasteiger partial charge is 0.326 e. The zero-order valence-corrected chi connectivity index (χ0v) is 43.9. The lowest BCUT2D eigenvalue weighted by molar-refractivity contribution is -0.142. The number of hydrogen-bond acceptors (Lipinski definition) is 12. The summed E-state index contributed by atoms with van der Waals surface area (Å²) in [5.41, 5.74) is 13.5. The number of carbonyl (C=O) groups is 10. The van der Waals surface area contributed by atoms with Gasteiger partial charge in [-0.25, -0.2) is 9.78 Å². The van der Waals surface area contributed by atoms with E-state index >= 15 is 0 Å². The third-order valence-corrected chi connectivity index (χ3v) is 12.3. The van der Waals surface area contributed by atoms with Gasteiger partial charge in [-0.2, -0.15) is 0 Å². The summed E-state index contributed by atoms with van der Waals surface area (Å²) in [5.74, 6) is -8.64. The number of aliphatic imine (C=N–C) groups is 1. The van der Waals surface area contributed by atoms with Gasteiger partial charge in [0.05, 0.1) is 12.7 Å². The Balaban J connectivity index is 0.00000317. The number of rotatable bonds is 17. The number of nitrogens with zero attached hydrogens (tertiary/aromatic N) is 2. The molecule has 0 radical (unpaired) electrons. The van der Waals surface area contributed by atoms with Gasteiger partial charge in [0.25, 0.3) is 5.97 Å². The van der Waals surface area contributed by atoms with Crippen molar-refractivity contribution >= 4 is 76.1 Å². The van der Waals surface area contributed by atoms with Gasteiger partial charge in [0.1, 0.15) is 42.3 Å². The van der Waals surface area contributed by atoms with Crippen LogP contribution in [-0.2, 0) is 67.2 Å². The van der Waals surface area contributed by atoms with Crippen molar-refractivity contribution in [1.29, 1.82) is 0 Å². The number of fused-ring (bicyclic) bond motifs is 1. The van der Waals surface area contributed by atoms with E-state index in [4.69, 9.17) is 21.4 Å². The average Bonchev–Trinajstić information content (AvgIpc) is 4.07. The van der Waals surface area contributed by atoms with E-state index in [1.807, 2.05) is 25.1 Å². The van der Waals surface area contributed by atoms with Gasteiger partial charge in [0.2, 0.25) is 47.3 Å². The number of carboxylic acid groups (broad SMARTS) is 2. The van der Waals surface area contributed by atoms with Gasteiger partial charge in [-0.15, -0.1) is 0 Å². The lowest BCUT2D eigenvalue weighted by atomic mass is 10.0. The Morgan fingerprint density at radius 3 is 2.01 bits per heavy atom. The van der Waals surface area contributed by atoms with Crippen molar-refractivity contribution < 1.29 is 58.2 Å². The molecule has 0 bridgehead atoms. The van der Waals surface area contributed by atoms with E-state index in [0.29, 0.717) is 29.7 Å². The van der Waals surface area contributed by atoms with Gasteiger partial charge in [0.15, 0.2) is 5.96 Å². The van der Waals surface area contributed by atoms with Crippen molar-refractivity contribution in [1.82, 2.24) is 57.5 Å². The number of aliphatic carboxylic acids is 2. The van der Waals surface area contributed by atoms with Crippen molar-refractivity contribution in [3.05, 3.63) is 90.1 Å². The standard InChI is InChI=1S/C50H68N14O10.C2H4O2/c1-3-4-16-35(58-29(2)65)43(67)64-41-25-42(66)54-20-11-10-18-37(49(73)74)60-46(70)39(23-31-26-56-34-17-9-8-15-33(31)34)62-44(68)36(19-12-21-55-50(51)52)59-45(69)38(22-30-13-6-5-7-14-30)61-47(71)40(63-48(41)72)24-32-27-53-28-57-32;1-2(3)4/h5-9,13-15,17,26-28,35-41,56H,3-4,10-12,16,18-25H2,1-2H3,(H,53,57)(H,54,66)(H,58,65)(H,59,69)(H,60,70)(H,61,71)(H,62,68)(H,63,72)(H,64,67)(H,73,74)(H4,51,52,55);1H3,(H,3,4)/t35-,36-,37-,38+,39-,40-,41-;/m0./s1. The molecule has 0 saturated carbocycles. The Hall–Kier alpha value is -8.84. The lowest BCUT2D eigenvalue weighted by Gasteiger charge is -2.28. The molecule has 4 aromatic rings. The molecule has 2 aromatic carbocycles. The van der Waals surface area contributed by atoms with Crippen LogP contribution in [0.25, 0.3) is 10.9 Å². The number of guanidine groups is 1. The lowest BCUT2D eigenvalue weighted by Crippen LogP contribution is -2.61. The number of nitrogens with one attached hydrogen (secondary N) is 10. The fourth-order valence-corrected chi connectivity index (χ4v) is 8.37. The SMILES string of the molecule is CC(=O)O.CCCC[C@H](NC(C)=O)C(=O)N[C@H]1CC(=O)NCCCC[C@@H](C(=O)O)NC(=O)[C@H](Cc2c[nH]c3ccccc23)NC(=O)[C@H](CCCN=C(N)N)NC(=O)[C@@H](Cc2ccccc2)NC(=O)[C@H](Cc2cnc[nH]2)NC1=O. The van der Waals surface area contributed by atoms with Crippen LogP contribution in [0.5, 0.6) is 0 Å². The molecule has 7 atom stereocenters. The summed E-state index contributed by atoms with van der Waals surface area (Å²) in [6.07, 6.45) is 5.28. The summed E-state index contributed by atoms with van der Waals surface area (Å²) in [7, 11) is 0. The Morgan fingerprint density at radius 1 is 0.756 bits per heavy atom. The van der Waals surface area contributed by atoms with Crippen molar-refractivity contribution in [2.24, 2.45) is 16.5 Å². The Kier molecular flexibility index (Phi) is 25.2. The molecule has 1 fully saturated rings. The number of nitrogens with two attached hydrogens (primary N) is 2. The number of aromatic amines is 2. The first kappa shape index (κ1) is 61.7. The van der Waals surface area contributed by atoms with Crippen molar-refractivity contribution in [3.63, 3.8) is 0 Å². The highest BCUT2D eigenvalue weighted by Crippen LogP contribution is 2.20. The number of para-hydroxylation sites is 1. The highest BCUT2D eigenvalue weighted by Gasteiger charge is 2.35. The van der Waals surface area contributed by atoms with E-state index in [1.54, 1.807) is 42.6 Å².